The lowest BCUT2D eigenvalue weighted by atomic mass is 10.1. The third kappa shape index (κ3) is 2.15. The van der Waals surface area contributed by atoms with Crippen LogP contribution in [0.3, 0.4) is 0 Å². The van der Waals surface area contributed by atoms with E-state index >= 15 is 0 Å². The van der Waals surface area contributed by atoms with Gasteiger partial charge in [-0.1, -0.05) is 0 Å². The topological polar surface area (TPSA) is 53.4 Å². The van der Waals surface area contributed by atoms with E-state index in [2.05, 4.69) is 4.98 Å². The molecule has 0 saturated heterocycles. The van der Waals surface area contributed by atoms with Crippen molar-refractivity contribution in [3.05, 3.63) is 23.4 Å². The number of rotatable bonds is 4. The zero-order valence-corrected chi connectivity index (χ0v) is 9.60. The average Bonchev–Trinajstić information content (AvgIpc) is 3.00. The van der Waals surface area contributed by atoms with Crippen molar-refractivity contribution < 1.29 is 9.90 Å². The lowest BCUT2D eigenvalue weighted by molar-refractivity contribution is 0.0696. The van der Waals surface area contributed by atoms with Gasteiger partial charge in [0.1, 0.15) is 11.4 Å². The number of hydrogen-bond acceptors (Lipinski definition) is 3. The third-order valence-electron chi connectivity index (χ3n) is 2.94. The summed E-state index contributed by atoms with van der Waals surface area (Å²) in [7, 11) is 1.91. The first-order valence-corrected chi connectivity index (χ1v) is 5.49. The van der Waals surface area contributed by atoms with Gasteiger partial charge in [0, 0.05) is 19.8 Å². The minimum Gasteiger partial charge on any atom is -0.478 e. The van der Waals surface area contributed by atoms with Gasteiger partial charge in [-0.25, -0.2) is 9.78 Å². The molecule has 0 aromatic carbocycles. The summed E-state index contributed by atoms with van der Waals surface area (Å²) in [6.45, 7) is 2.70. The maximum absolute atomic E-state index is 11.2. The Balaban J connectivity index is 2.30. The summed E-state index contributed by atoms with van der Waals surface area (Å²) in [6.07, 6.45) is 4.16. The van der Waals surface area contributed by atoms with Gasteiger partial charge in [-0.15, -0.1) is 0 Å². The van der Waals surface area contributed by atoms with E-state index in [9.17, 15) is 9.90 Å². The molecule has 1 heterocycles. The number of aromatic nitrogens is 1. The highest BCUT2D eigenvalue weighted by molar-refractivity contribution is 5.94. The number of carboxylic acid groups (broad SMARTS) is 1. The van der Waals surface area contributed by atoms with Crippen LogP contribution >= 0.6 is 0 Å². The van der Waals surface area contributed by atoms with Crippen LogP contribution in [0.4, 0.5) is 5.82 Å². The van der Waals surface area contributed by atoms with Crippen LogP contribution in [-0.4, -0.2) is 29.7 Å². The third-order valence-corrected chi connectivity index (χ3v) is 2.94. The van der Waals surface area contributed by atoms with E-state index in [1.54, 1.807) is 19.2 Å². The molecule has 1 fully saturated rings. The van der Waals surface area contributed by atoms with E-state index in [0.29, 0.717) is 17.3 Å². The first-order chi connectivity index (χ1) is 7.59. The van der Waals surface area contributed by atoms with Crippen LogP contribution in [-0.2, 0) is 0 Å². The molecule has 86 valence electrons. The van der Waals surface area contributed by atoms with E-state index in [1.807, 2.05) is 11.9 Å². The van der Waals surface area contributed by atoms with Crippen LogP contribution in [0.2, 0.25) is 0 Å². The van der Waals surface area contributed by atoms with Gasteiger partial charge in [-0.3, -0.25) is 0 Å². The minimum absolute atomic E-state index is 0.325. The number of aromatic carboxylic acids is 1. The molecule has 0 amide bonds. The van der Waals surface area contributed by atoms with Crippen molar-refractivity contribution in [2.75, 3.05) is 18.5 Å². The number of anilines is 1. The van der Waals surface area contributed by atoms with Crippen molar-refractivity contribution in [1.82, 2.24) is 4.98 Å². The fraction of sp³-hybridized carbons (Fsp3) is 0.500. The van der Waals surface area contributed by atoms with Crippen LogP contribution in [0.1, 0.15) is 28.8 Å². The molecule has 1 aromatic rings. The lowest BCUT2D eigenvalue weighted by Gasteiger charge is -2.20. The molecule has 0 atom stereocenters. The molecule has 2 rings (SSSR count). The number of carboxylic acids is 1. The normalized spacial score (nSPS) is 14.9. The van der Waals surface area contributed by atoms with Gasteiger partial charge in [0.2, 0.25) is 0 Å². The van der Waals surface area contributed by atoms with Gasteiger partial charge in [0.25, 0.3) is 0 Å². The second-order valence-corrected chi connectivity index (χ2v) is 4.46. The molecule has 1 saturated carbocycles. The molecule has 1 aliphatic carbocycles. The summed E-state index contributed by atoms with van der Waals surface area (Å²) < 4.78 is 0. The summed E-state index contributed by atoms with van der Waals surface area (Å²) >= 11 is 0. The van der Waals surface area contributed by atoms with E-state index in [0.717, 1.165) is 12.1 Å². The van der Waals surface area contributed by atoms with Crippen molar-refractivity contribution >= 4 is 11.8 Å². The Bertz CT molecular complexity index is 413. The fourth-order valence-electron chi connectivity index (χ4n) is 1.87. The minimum atomic E-state index is -0.900. The summed E-state index contributed by atoms with van der Waals surface area (Å²) in [6, 6.07) is 1.73. The molecule has 4 heteroatoms. The Labute approximate surface area is 94.9 Å². The summed E-state index contributed by atoms with van der Waals surface area (Å²) in [5.74, 6) is 0.400. The molecular weight excluding hydrogens is 204 g/mol. The maximum Gasteiger partial charge on any atom is 0.339 e. The monoisotopic (exact) mass is 220 g/mol. The van der Waals surface area contributed by atoms with E-state index < -0.39 is 5.97 Å². The Morgan fingerprint density at radius 3 is 2.88 bits per heavy atom. The molecule has 0 spiro atoms. The Morgan fingerprint density at radius 2 is 2.31 bits per heavy atom. The van der Waals surface area contributed by atoms with Crippen LogP contribution in [0.15, 0.2) is 12.3 Å². The number of aryl methyl sites for hydroxylation is 1. The van der Waals surface area contributed by atoms with Gasteiger partial charge >= 0.3 is 5.97 Å². The highest BCUT2D eigenvalue weighted by Gasteiger charge is 2.25. The van der Waals surface area contributed by atoms with Crippen molar-refractivity contribution in [2.24, 2.45) is 5.92 Å². The van der Waals surface area contributed by atoms with Crippen LogP contribution in [0.25, 0.3) is 0 Å². The van der Waals surface area contributed by atoms with E-state index in [1.165, 1.54) is 12.8 Å². The standard InChI is InChI=1S/C12H16N2O2/c1-8-5-6-13-11(10(8)12(15)16)14(2)7-9-3-4-9/h5-6,9H,3-4,7H2,1-2H3,(H,15,16). The first-order valence-electron chi connectivity index (χ1n) is 5.49. The predicted octanol–water partition coefficient (Wildman–Crippen LogP) is 1.93. The molecule has 0 aliphatic heterocycles. The lowest BCUT2D eigenvalue weighted by Crippen LogP contribution is -2.24. The molecule has 1 N–H and O–H groups in total. The van der Waals surface area contributed by atoms with Crippen molar-refractivity contribution in [3.8, 4) is 0 Å². The largest absolute Gasteiger partial charge is 0.478 e. The molecule has 0 unspecified atom stereocenters. The molecule has 1 aliphatic rings. The van der Waals surface area contributed by atoms with Gasteiger partial charge in [0.15, 0.2) is 0 Å². The summed E-state index contributed by atoms with van der Waals surface area (Å²) in [5, 5.41) is 9.18. The molecule has 0 bridgehead atoms. The zero-order chi connectivity index (χ0) is 11.7. The summed E-state index contributed by atoms with van der Waals surface area (Å²) in [4.78, 5) is 17.3. The number of nitrogens with zero attached hydrogens (tertiary/aromatic N) is 2. The fourth-order valence-corrected chi connectivity index (χ4v) is 1.87. The van der Waals surface area contributed by atoms with Gasteiger partial charge < -0.3 is 10.0 Å². The van der Waals surface area contributed by atoms with Gasteiger partial charge in [-0.2, -0.15) is 0 Å². The second-order valence-electron chi connectivity index (χ2n) is 4.46. The van der Waals surface area contributed by atoms with E-state index in [-0.39, 0.29) is 0 Å². The SMILES string of the molecule is Cc1ccnc(N(C)CC2CC2)c1C(=O)O. The molecule has 4 nitrogen and oxygen atoms in total. The average molecular weight is 220 g/mol. The Morgan fingerprint density at radius 1 is 1.62 bits per heavy atom. The van der Waals surface area contributed by atoms with Gasteiger partial charge in [0.05, 0.1) is 0 Å². The second kappa shape index (κ2) is 4.12. The van der Waals surface area contributed by atoms with Crippen LogP contribution in [0, 0.1) is 12.8 Å². The van der Waals surface area contributed by atoms with Gasteiger partial charge in [-0.05, 0) is 37.3 Å². The number of carbonyl (C=O) groups is 1. The quantitative estimate of drug-likeness (QED) is 0.842. The maximum atomic E-state index is 11.2. The van der Waals surface area contributed by atoms with Crippen LogP contribution in [0.5, 0.6) is 0 Å². The molecule has 16 heavy (non-hydrogen) atoms. The Hall–Kier alpha value is -1.58. The van der Waals surface area contributed by atoms with E-state index in [4.69, 9.17) is 0 Å². The molecule has 0 radical (unpaired) electrons. The smallest absolute Gasteiger partial charge is 0.339 e. The van der Waals surface area contributed by atoms with Crippen molar-refractivity contribution in [2.45, 2.75) is 19.8 Å². The van der Waals surface area contributed by atoms with Crippen molar-refractivity contribution in [1.29, 1.82) is 0 Å². The highest BCUT2D eigenvalue weighted by atomic mass is 16.4. The summed E-state index contributed by atoms with van der Waals surface area (Å²) in [5.41, 5.74) is 1.09. The highest BCUT2D eigenvalue weighted by Crippen LogP contribution is 2.31. The zero-order valence-electron chi connectivity index (χ0n) is 9.60. The first kappa shape index (κ1) is 10.9. The number of pyridine rings is 1. The molecule has 1 aromatic heterocycles. The number of hydrogen-bond donors (Lipinski definition) is 1. The predicted molar refractivity (Wildman–Crippen MR) is 61.9 cm³/mol. The van der Waals surface area contributed by atoms with Crippen LogP contribution < -0.4 is 4.90 Å². The Kier molecular flexibility index (Phi) is 2.81. The van der Waals surface area contributed by atoms with Crippen molar-refractivity contribution in [3.63, 3.8) is 0 Å². The molecular formula is C12H16N2O2.